The van der Waals surface area contributed by atoms with Gasteiger partial charge in [-0.15, -0.1) is 11.3 Å². The van der Waals surface area contributed by atoms with E-state index in [-0.39, 0.29) is 0 Å². The van der Waals surface area contributed by atoms with Gasteiger partial charge in [-0.05, 0) is 12.8 Å². The first-order chi connectivity index (χ1) is 7.23. The third-order valence-corrected chi connectivity index (χ3v) is 4.39. The Hall–Kier alpha value is -0.370. The van der Waals surface area contributed by atoms with Crippen molar-refractivity contribution in [3.05, 3.63) is 16.6 Å². The fourth-order valence-electron chi connectivity index (χ4n) is 1.90. The summed E-state index contributed by atoms with van der Waals surface area (Å²) in [7, 11) is 0. The Morgan fingerprint density at radius 3 is 2.60 bits per heavy atom. The molecule has 1 unspecified atom stereocenters. The van der Waals surface area contributed by atoms with E-state index in [1.807, 2.05) is 17.5 Å². The zero-order valence-electron chi connectivity index (χ0n) is 10.3. The highest BCUT2D eigenvalue weighted by Crippen LogP contribution is 2.34. The Bertz CT molecular complexity index is 256. The lowest BCUT2D eigenvalue weighted by molar-refractivity contribution is 0.394. The van der Waals surface area contributed by atoms with Gasteiger partial charge in [-0.25, -0.2) is 4.98 Å². The summed E-state index contributed by atoms with van der Waals surface area (Å²) < 4.78 is 0. The van der Waals surface area contributed by atoms with Crippen LogP contribution in [0.3, 0.4) is 0 Å². The number of hydrogen-bond donors (Lipinski definition) is 0. The molecule has 0 fully saturated rings. The summed E-state index contributed by atoms with van der Waals surface area (Å²) in [4.78, 5) is 4.48. The third-order valence-electron chi connectivity index (χ3n) is 3.31. The number of rotatable bonds is 7. The quantitative estimate of drug-likeness (QED) is 0.608. The van der Waals surface area contributed by atoms with E-state index in [1.54, 1.807) is 0 Å². The first-order valence-electron chi connectivity index (χ1n) is 6.13. The maximum atomic E-state index is 4.48. The molecule has 0 saturated heterocycles. The second kappa shape index (κ2) is 6.26. The van der Waals surface area contributed by atoms with E-state index < -0.39 is 0 Å². The van der Waals surface area contributed by atoms with Crippen molar-refractivity contribution in [1.82, 2.24) is 4.98 Å². The van der Waals surface area contributed by atoms with Crippen molar-refractivity contribution in [3.8, 4) is 0 Å². The molecule has 0 radical (unpaired) electrons. The molecule has 86 valence electrons. The number of hydrogen-bond acceptors (Lipinski definition) is 2. The first kappa shape index (κ1) is 12.7. The van der Waals surface area contributed by atoms with Crippen LogP contribution in [0.2, 0.25) is 0 Å². The SMILES string of the molecule is CCCCCCC(C)(CC)c1nccs1. The lowest BCUT2D eigenvalue weighted by Gasteiger charge is -2.25. The van der Waals surface area contributed by atoms with Gasteiger partial charge in [0.05, 0.1) is 5.01 Å². The topological polar surface area (TPSA) is 12.9 Å². The molecule has 1 nitrogen and oxygen atoms in total. The molecule has 1 atom stereocenters. The second-order valence-corrected chi connectivity index (χ2v) is 5.46. The predicted molar refractivity (Wildman–Crippen MR) is 68.5 cm³/mol. The molecular weight excluding hydrogens is 202 g/mol. The highest BCUT2D eigenvalue weighted by Gasteiger charge is 2.26. The van der Waals surface area contributed by atoms with Crippen LogP contribution >= 0.6 is 11.3 Å². The summed E-state index contributed by atoms with van der Waals surface area (Å²) in [6, 6.07) is 0. The first-order valence-corrected chi connectivity index (χ1v) is 7.01. The fraction of sp³-hybridized carbons (Fsp3) is 0.769. The van der Waals surface area contributed by atoms with Crippen LogP contribution < -0.4 is 0 Å². The monoisotopic (exact) mass is 225 g/mol. The Labute approximate surface area is 97.9 Å². The van der Waals surface area contributed by atoms with E-state index in [4.69, 9.17) is 0 Å². The van der Waals surface area contributed by atoms with Crippen LogP contribution in [-0.4, -0.2) is 4.98 Å². The molecule has 0 N–H and O–H groups in total. The third kappa shape index (κ3) is 3.60. The summed E-state index contributed by atoms with van der Waals surface area (Å²) in [5.74, 6) is 0. The Kier molecular flexibility index (Phi) is 5.30. The lowest BCUT2D eigenvalue weighted by Crippen LogP contribution is -2.20. The van der Waals surface area contributed by atoms with E-state index in [1.165, 1.54) is 43.5 Å². The van der Waals surface area contributed by atoms with Crippen molar-refractivity contribution in [2.75, 3.05) is 0 Å². The van der Waals surface area contributed by atoms with Crippen LogP contribution in [0.4, 0.5) is 0 Å². The molecule has 0 saturated carbocycles. The minimum absolute atomic E-state index is 0.321. The molecule has 1 aromatic heterocycles. The number of nitrogens with zero attached hydrogens (tertiary/aromatic N) is 1. The van der Waals surface area contributed by atoms with Crippen LogP contribution in [0.15, 0.2) is 11.6 Å². The highest BCUT2D eigenvalue weighted by atomic mass is 32.1. The fourth-order valence-corrected chi connectivity index (χ4v) is 2.80. The van der Waals surface area contributed by atoms with Gasteiger partial charge >= 0.3 is 0 Å². The average molecular weight is 225 g/mol. The summed E-state index contributed by atoms with van der Waals surface area (Å²) in [5.41, 5.74) is 0.321. The molecule has 0 aliphatic rings. The molecule has 1 rings (SSSR count). The molecule has 0 amide bonds. The van der Waals surface area contributed by atoms with Crippen molar-refractivity contribution < 1.29 is 0 Å². The van der Waals surface area contributed by atoms with Gasteiger partial charge in [-0.2, -0.15) is 0 Å². The molecule has 0 aliphatic carbocycles. The van der Waals surface area contributed by atoms with Gasteiger partial charge in [0.25, 0.3) is 0 Å². The van der Waals surface area contributed by atoms with Crippen molar-refractivity contribution in [3.63, 3.8) is 0 Å². The largest absolute Gasteiger partial charge is 0.249 e. The molecule has 0 aromatic carbocycles. The van der Waals surface area contributed by atoms with E-state index in [9.17, 15) is 0 Å². The summed E-state index contributed by atoms with van der Waals surface area (Å²) in [6.45, 7) is 6.90. The van der Waals surface area contributed by atoms with Crippen LogP contribution in [0.25, 0.3) is 0 Å². The normalized spacial score (nSPS) is 15.1. The highest BCUT2D eigenvalue weighted by molar-refractivity contribution is 7.09. The van der Waals surface area contributed by atoms with E-state index >= 15 is 0 Å². The Morgan fingerprint density at radius 2 is 2.07 bits per heavy atom. The van der Waals surface area contributed by atoms with E-state index in [0.717, 1.165) is 0 Å². The van der Waals surface area contributed by atoms with Crippen molar-refractivity contribution in [1.29, 1.82) is 0 Å². The standard InChI is InChI=1S/C13H23NS/c1-4-6-7-8-9-13(3,5-2)12-14-10-11-15-12/h10-11H,4-9H2,1-3H3. The van der Waals surface area contributed by atoms with Gasteiger partial charge < -0.3 is 0 Å². The maximum absolute atomic E-state index is 4.48. The number of thiazole rings is 1. The van der Waals surface area contributed by atoms with Gasteiger partial charge in [0.2, 0.25) is 0 Å². The second-order valence-electron chi connectivity index (χ2n) is 4.56. The molecule has 1 aromatic rings. The van der Waals surface area contributed by atoms with Gasteiger partial charge in [0.1, 0.15) is 0 Å². The molecule has 15 heavy (non-hydrogen) atoms. The van der Waals surface area contributed by atoms with Crippen LogP contribution in [0, 0.1) is 0 Å². The van der Waals surface area contributed by atoms with E-state index in [0.29, 0.717) is 5.41 Å². The summed E-state index contributed by atoms with van der Waals surface area (Å²) in [5, 5.41) is 3.41. The van der Waals surface area contributed by atoms with E-state index in [2.05, 4.69) is 31.1 Å². The average Bonchev–Trinajstić information content (AvgIpc) is 2.78. The zero-order chi connectivity index (χ0) is 11.1. The van der Waals surface area contributed by atoms with Gasteiger partial charge in [-0.1, -0.05) is 46.5 Å². The smallest absolute Gasteiger partial charge is 0.0983 e. The molecule has 0 spiro atoms. The van der Waals surface area contributed by atoms with Crippen LogP contribution in [-0.2, 0) is 5.41 Å². The minimum Gasteiger partial charge on any atom is -0.249 e. The Balaban J connectivity index is 2.46. The Morgan fingerprint density at radius 1 is 1.27 bits per heavy atom. The molecule has 0 aliphatic heterocycles. The van der Waals surface area contributed by atoms with Crippen LogP contribution in [0.1, 0.15) is 64.3 Å². The molecular formula is C13H23NS. The van der Waals surface area contributed by atoms with Crippen LogP contribution in [0.5, 0.6) is 0 Å². The van der Waals surface area contributed by atoms with Crippen molar-refractivity contribution >= 4 is 11.3 Å². The van der Waals surface area contributed by atoms with Gasteiger partial charge in [0.15, 0.2) is 0 Å². The number of aromatic nitrogens is 1. The molecule has 2 heteroatoms. The zero-order valence-corrected chi connectivity index (χ0v) is 11.1. The minimum atomic E-state index is 0.321. The van der Waals surface area contributed by atoms with Crippen molar-refractivity contribution in [2.45, 2.75) is 64.7 Å². The lowest BCUT2D eigenvalue weighted by atomic mass is 9.82. The van der Waals surface area contributed by atoms with Gasteiger partial charge in [-0.3, -0.25) is 0 Å². The summed E-state index contributed by atoms with van der Waals surface area (Å²) in [6.07, 6.45) is 9.83. The maximum Gasteiger partial charge on any atom is 0.0983 e. The van der Waals surface area contributed by atoms with Crippen molar-refractivity contribution in [2.24, 2.45) is 0 Å². The summed E-state index contributed by atoms with van der Waals surface area (Å²) >= 11 is 1.81. The number of unbranched alkanes of at least 4 members (excludes halogenated alkanes) is 3. The van der Waals surface area contributed by atoms with Gasteiger partial charge in [0, 0.05) is 17.0 Å². The predicted octanol–water partition coefficient (Wildman–Crippen LogP) is 4.78. The molecule has 0 bridgehead atoms. The molecule has 1 heterocycles.